The summed E-state index contributed by atoms with van der Waals surface area (Å²) in [5.41, 5.74) is 0. The first-order chi connectivity index (χ1) is 4.00. The Hall–Kier alpha value is 2.23. The van der Waals surface area contributed by atoms with Crippen molar-refractivity contribution in [3.8, 4) is 0 Å². The van der Waals surface area contributed by atoms with Gasteiger partial charge in [-0.3, -0.25) is 0 Å². The Morgan fingerprint density at radius 1 is 0.750 bits per heavy atom. The van der Waals surface area contributed by atoms with Gasteiger partial charge in [0.1, 0.15) is 0 Å². The van der Waals surface area contributed by atoms with Crippen LogP contribution in [0.3, 0.4) is 0 Å². The molecule has 0 radical (unpaired) electrons. The second kappa shape index (κ2) is 9.77. The Kier molecular flexibility index (Phi) is 19.4. The van der Waals surface area contributed by atoms with Gasteiger partial charge in [0, 0.05) is 0 Å². The summed E-state index contributed by atoms with van der Waals surface area (Å²) in [6, 6.07) is 0. The summed E-state index contributed by atoms with van der Waals surface area (Å²) in [5.74, 6) is 0. The third kappa shape index (κ3) is 310. The van der Waals surface area contributed by atoms with Crippen molar-refractivity contribution in [2.75, 3.05) is 0 Å². The molecule has 0 aromatic heterocycles. The van der Waals surface area contributed by atoms with Crippen LogP contribution in [-0.4, -0.2) is 34.8 Å². The molecule has 0 bridgehead atoms. The molecule has 0 aromatic rings. The van der Waals surface area contributed by atoms with Gasteiger partial charge in [-0.2, -0.15) is 0 Å². The Bertz CT molecular complexity index is 130. The summed E-state index contributed by atoms with van der Waals surface area (Å²) in [4.78, 5) is 43.1. The molecule has 0 aliphatic heterocycles. The van der Waals surface area contributed by atoms with Gasteiger partial charge in [0.25, 0.3) is 0 Å². The minimum absolute atomic E-state index is 0. The molecule has 0 aliphatic rings. The molecule has 74 valence electrons. The van der Waals surface area contributed by atoms with E-state index in [9.17, 15) is 0 Å². The predicted molar refractivity (Wildman–Crippen MR) is 33.3 cm³/mol. The summed E-state index contributed by atoms with van der Waals surface area (Å²) in [6.07, 6.45) is 0. The number of hydrogen-bond donors (Lipinski definition) is 6. The molecule has 0 rings (SSSR count). The van der Waals surface area contributed by atoms with Crippen LogP contribution in [0, 0.1) is 0 Å². The standard InChI is InChI=1S/Cs.2H3O4P.H2O.H/c;2*1-5(2,3)4;;/h;2*(H3,1,2,3,4);1H2;/q+1;;;;-1. The van der Waals surface area contributed by atoms with Gasteiger partial charge in [0.15, 0.2) is 0 Å². The zero-order valence-corrected chi connectivity index (χ0v) is 14.0. The molecule has 0 unspecified atom stereocenters. The quantitative estimate of drug-likeness (QED) is 0.234. The van der Waals surface area contributed by atoms with Crippen LogP contribution in [0.2, 0.25) is 0 Å². The second-order valence-corrected chi connectivity index (χ2v) is 3.08. The fourth-order valence-electron chi connectivity index (χ4n) is 0. The van der Waals surface area contributed by atoms with E-state index in [1.165, 1.54) is 0 Å². The van der Waals surface area contributed by atoms with Crippen molar-refractivity contribution in [2.24, 2.45) is 0 Å². The van der Waals surface area contributed by atoms with Crippen molar-refractivity contribution in [1.29, 1.82) is 0 Å². The van der Waals surface area contributed by atoms with Gasteiger partial charge < -0.3 is 36.3 Å². The monoisotopic (exact) mass is 348 g/mol. The van der Waals surface area contributed by atoms with Crippen LogP contribution in [0.5, 0.6) is 0 Å². The molecule has 0 fully saturated rings. The normalized spacial score (nSPS) is 9.83. The molecule has 12 heteroatoms. The Balaban J connectivity index is -0.0000000267. The minimum atomic E-state index is -4.64. The van der Waals surface area contributed by atoms with Crippen molar-refractivity contribution >= 4 is 15.6 Å². The third-order valence-electron chi connectivity index (χ3n) is 0. The largest absolute Gasteiger partial charge is 1.00 e. The smallest absolute Gasteiger partial charge is 1.00 e. The first-order valence-corrected chi connectivity index (χ1v) is 4.70. The van der Waals surface area contributed by atoms with E-state index >= 15 is 0 Å². The van der Waals surface area contributed by atoms with Crippen LogP contribution in [0.4, 0.5) is 0 Å². The van der Waals surface area contributed by atoms with Crippen LogP contribution >= 0.6 is 15.6 Å². The molecule has 0 saturated heterocycles. The average molecular weight is 348 g/mol. The molecule has 12 heavy (non-hydrogen) atoms. The molecule has 9 nitrogen and oxygen atoms in total. The molecule has 0 atom stereocenters. The zero-order valence-electron chi connectivity index (χ0n) is 6.89. The SMILES string of the molecule is O.O=P(O)(O)O.O=P(O)(O)O.[Cs+].[H-]. The fraction of sp³-hybridized carbons (Fsp3) is 0. The topological polar surface area (TPSA) is 187 Å². The number of rotatable bonds is 0. The summed E-state index contributed by atoms with van der Waals surface area (Å²) in [7, 11) is -9.28. The Labute approximate surface area is 128 Å². The van der Waals surface area contributed by atoms with Crippen LogP contribution < -0.4 is 68.9 Å². The molecular weight excluding hydrogens is 339 g/mol. The summed E-state index contributed by atoms with van der Waals surface area (Å²) >= 11 is 0. The summed E-state index contributed by atoms with van der Waals surface area (Å²) in [5, 5.41) is 0. The van der Waals surface area contributed by atoms with E-state index in [0.717, 1.165) is 0 Å². The van der Waals surface area contributed by atoms with Crippen LogP contribution in [0.1, 0.15) is 1.43 Å². The van der Waals surface area contributed by atoms with Gasteiger partial charge in [0.05, 0.1) is 0 Å². The molecule has 0 aliphatic carbocycles. The molecule has 0 aromatic carbocycles. The number of hydrogen-bond acceptors (Lipinski definition) is 2. The Morgan fingerprint density at radius 2 is 0.750 bits per heavy atom. The maximum atomic E-state index is 8.88. The van der Waals surface area contributed by atoms with Crippen molar-refractivity contribution in [3.63, 3.8) is 0 Å². The molecule has 0 amide bonds. The predicted octanol–water partition coefficient (Wildman–Crippen LogP) is -5.57. The Morgan fingerprint density at radius 3 is 0.750 bits per heavy atom. The van der Waals surface area contributed by atoms with Crippen molar-refractivity contribution < 1.29 is 114 Å². The van der Waals surface area contributed by atoms with Gasteiger partial charge in [-0.15, -0.1) is 0 Å². The fourth-order valence-corrected chi connectivity index (χ4v) is 0. The average Bonchev–Trinajstić information content (AvgIpc) is 1.12. The summed E-state index contributed by atoms with van der Waals surface area (Å²) < 4.78 is 17.8. The van der Waals surface area contributed by atoms with E-state index in [0.29, 0.717) is 0 Å². The van der Waals surface area contributed by atoms with Crippen LogP contribution in [-0.2, 0) is 9.13 Å². The van der Waals surface area contributed by atoms with Gasteiger partial charge in [-0.25, -0.2) is 9.13 Å². The third-order valence-corrected chi connectivity index (χ3v) is 0. The molecule has 0 heterocycles. The van der Waals surface area contributed by atoms with Gasteiger partial charge in [-0.05, 0) is 0 Å². The number of phosphoric acid groups is 2. The van der Waals surface area contributed by atoms with Crippen molar-refractivity contribution in [1.82, 2.24) is 0 Å². The van der Waals surface area contributed by atoms with Gasteiger partial charge in [-0.1, -0.05) is 0 Å². The maximum Gasteiger partial charge on any atom is 1.00 e. The van der Waals surface area contributed by atoms with E-state index in [2.05, 4.69) is 0 Å². The van der Waals surface area contributed by atoms with E-state index in [4.69, 9.17) is 38.5 Å². The van der Waals surface area contributed by atoms with Gasteiger partial charge >= 0.3 is 84.5 Å². The molecule has 8 N–H and O–H groups in total. The molecular formula is H9CsO9P2. The second-order valence-electron chi connectivity index (χ2n) is 1.03. The molecule has 0 saturated carbocycles. The van der Waals surface area contributed by atoms with E-state index < -0.39 is 15.6 Å². The maximum absolute atomic E-state index is 8.88. The van der Waals surface area contributed by atoms with Crippen LogP contribution in [0.25, 0.3) is 0 Å². The van der Waals surface area contributed by atoms with E-state index in [1.807, 2.05) is 0 Å². The first kappa shape index (κ1) is 23.8. The minimum Gasteiger partial charge on any atom is -1.00 e. The van der Waals surface area contributed by atoms with Crippen molar-refractivity contribution in [2.45, 2.75) is 0 Å². The zero-order chi connectivity index (χ0) is 9.00. The molecule has 0 spiro atoms. The van der Waals surface area contributed by atoms with E-state index in [1.54, 1.807) is 0 Å². The summed E-state index contributed by atoms with van der Waals surface area (Å²) in [6.45, 7) is 0. The van der Waals surface area contributed by atoms with Crippen molar-refractivity contribution in [3.05, 3.63) is 0 Å². The van der Waals surface area contributed by atoms with Crippen LogP contribution in [0.15, 0.2) is 0 Å². The van der Waals surface area contributed by atoms with E-state index in [-0.39, 0.29) is 75.8 Å². The van der Waals surface area contributed by atoms with Gasteiger partial charge in [0.2, 0.25) is 0 Å². The first-order valence-electron chi connectivity index (χ1n) is 1.57.